The Kier molecular flexibility index (Phi) is 4.21. The molecule has 3 heterocycles. The van der Waals surface area contributed by atoms with Gasteiger partial charge in [0.05, 0.1) is 29.2 Å². The number of aryl methyl sites for hydroxylation is 2. The third-order valence-corrected chi connectivity index (χ3v) is 5.97. The highest BCUT2D eigenvalue weighted by Gasteiger charge is 2.49. The maximum atomic E-state index is 13.8. The van der Waals surface area contributed by atoms with Crippen molar-refractivity contribution in [1.82, 2.24) is 14.5 Å². The van der Waals surface area contributed by atoms with Gasteiger partial charge in [0.15, 0.2) is 18.0 Å². The smallest absolute Gasteiger partial charge is 0.331 e. The molecule has 2 aromatic heterocycles. The van der Waals surface area contributed by atoms with E-state index in [0.717, 1.165) is 17.8 Å². The number of fused-ring (bicyclic) bond motifs is 5. The fourth-order valence-corrected chi connectivity index (χ4v) is 4.50. The number of carbonyl (C=O) groups is 3. The number of hydrogen-bond donors (Lipinski definition) is 2. The van der Waals surface area contributed by atoms with Crippen molar-refractivity contribution in [2.24, 2.45) is 13.0 Å². The molecule has 2 N–H and O–H groups in total. The zero-order valence-electron chi connectivity index (χ0n) is 16.8. The molecule has 9 nitrogen and oxygen atoms in total. The van der Waals surface area contributed by atoms with Crippen LogP contribution in [-0.2, 0) is 32.5 Å². The predicted octanol–water partition coefficient (Wildman–Crippen LogP) is 2.04. The predicted molar refractivity (Wildman–Crippen MR) is 107 cm³/mol. The molecule has 1 aliphatic heterocycles. The Morgan fingerprint density at radius 1 is 1.16 bits per heavy atom. The molecule has 0 fully saturated rings. The Bertz CT molecular complexity index is 1280. The standard InChI is InChI=1S/C22H19N3O6/c1-10-14(24-9-23-10)8-13-20(29)18-12-7-11(26)3-4-15(12)25(2)19(18)22-21(13)30-16(27)5-6-17(28)31-22/h3-7,9,13,21-22,26H,8H2,1-2H3,(H,23,24)/b6-5-. The van der Waals surface area contributed by atoms with Crippen molar-refractivity contribution in [3.05, 3.63) is 59.3 Å². The van der Waals surface area contributed by atoms with Crippen molar-refractivity contribution in [3.8, 4) is 5.75 Å². The molecule has 1 aromatic carbocycles. The molecule has 0 spiro atoms. The van der Waals surface area contributed by atoms with Crippen LogP contribution in [0.25, 0.3) is 10.9 Å². The zero-order valence-corrected chi connectivity index (χ0v) is 16.8. The summed E-state index contributed by atoms with van der Waals surface area (Å²) < 4.78 is 13.0. The van der Waals surface area contributed by atoms with Crippen LogP contribution in [0.1, 0.15) is 33.5 Å². The first kappa shape index (κ1) is 19.1. The molecule has 0 amide bonds. The van der Waals surface area contributed by atoms with Crippen molar-refractivity contribution in [2.45, 2.75) is 25.6 Å². The number of hydrogen-bond acceptors (Lipinski definition) is 7. The highest BCUT2D eigenvalue weighted by atomic mass is 16.6. The summed E-state index contributed by atoms with van der Waals surface area (Å²) in [4.78, 5) is 45.6. The van der Waals surface area contributed by atoms with Gasteiger partial charge >= 0.3 is 11.9 Å². The lowest BCUT2D eigenvalue weighted by Crippen LogP contribution is -2.45. The minimum absolute atomic E-state index is 0.0135. The molecular weight excluding hydrogens is 402 g/mol. The van der Waals surface area contributed by atoms with Crippen LogP contribution in [0.15, 0.2) is 36.7 Å². The third kappa shape index (κ3) is 2.92. The van der Waals surface area contributed by atoms with E-state index in [9.17, 15) is 19.5 Å². The quantitative estimate of drug-likeness (QED) is 0.607. The highest BCUT2D eigenvalue weighted by Crippen LogP contribution is 2.44. The maximum absolute atomic E-state index is 13.8. The number of nitrogens with one attached hydrogen (secondary N) is 1. The molecule has 1 aliphatic carbocycles. The number of esters is 2. The molecule has 3 atom stereocenters. The van der Waals surface area contributed by atoms with E-state index in [2.05, 4.69) is 9.97 Å². The van der Waals surface area contributed by atoms with Crippen molar-refractivity contribution >= 4 is 28.6 Å². The van der Waals surface area contributed by atoms with Crippen LogP contribution >= 0.6 is 0 Å². The summed E-state index contributed by atoms with van der Waals surface area (Å²) in [5.74, 6) is -2.49. The van der Waals surface area contributed by atoms with Crippen LogP contribution in [0.4, 0.5) is 0 Å². The Balaban J connectivity index is 1.75. The van der Waals surface area contributed by atoms with Crippen LogP contribution in [0.5, 0.6) is 5.75 Å². The Labute approximate surface area is 176 Å². The van der Waals surface area contributed by atoms with Gasteiger partial charge < -0.3 is 24.1 Å². The SMILES string of the molecule is Cc1[nH]cnc1CC1C(=O)c2c(n(C)c3ccc(O)cc23)C2OC(=O)/C=C\C(=O)OC12. The monoisotopic (exact) mass is 421 g/mol. The van der Waals surface area contributed by atoms with Gasteiger partial charge in [0, 0.05) is 42.2 Å². The van der Waals surface area contributed by atoms with Gasteiger partial charge in [0.25, 0.3) is 0 Å². The van der Waals surface area contributed by atoms with Gasteiger partial charge in [-0.1, -0.05) is 0 Å². The number of ketones is 1. The molecule has 0 saturated heterocycles. The van der Waals surface area contributed by atoms with Gasteiger partial charge in [-0.2, -0.15) is 0 Å². The number of phenols is 1. The number of carbonyl (C=O) groups excluding carboxylic acids is 3. The van der Waals surface area contributed by atoms with E-state index in [1.807, 2.05) is 6.92 Å². The fourth-order valence-electron chi connectivity index (χ4n) is 4.50. The van der Waals surface area contributed by atoms with Gasteiger partial charge in [-0.25, -0.2) is 14.6 Å². The van der Waals surface area contributed by atoms with Crippen LogP contribution < -0.4 is 0 Å². The molecule has 0 radical (unpaired) electrons. The first-order valence-electron chi connectivity index (χ1n) is 9.79. The van der Waals surface area contributed by atoms with Gasteiger partial charge in [-0.3, -0.25) is 4.79 Å². The van der Waals surface area contributed by atoms with E-state index in [-0.39, 0.29) is 18.0 Å². The number of benzene rings is 1. The minimum Gasteiger partial charge on any atom is -0.508 e. The van der Waals surface area contributed by atoms with E-state index in [1.54, 1.807) is 17.7 Å². The zero-order chi connectivity index (χ0) is 21.9. The lowest BCUT2D eigenvalue weighted by molar-refractivity contribution is -0.169. The topological polar surface area (TPSA) is 124 Å². The molecule has 0 bridgehead atoms. The number of ether oxygens (including phenoxy) is 2. The molecule has 2 aliphatic rings. The molecule has 5 rings (SSSR count). The van der Waals surface area contributed by atoms with Gasteiger partial charge in [0.1, 0.15) is 5.75 Å². The number of Topliss-reactive ketones (excluding diaryl/α,β-unsaturated/α-hetero) is 1. The molecule has 3 aromatic rings. The summed E-state index contributed by atoms with van der Waals surface area (Å²) in [6, 6.07) is 4.72. The summed E-state index contributed by atoms with van der Waals surface area (Å²) in [5.41, 5.74) is 2.91. The number of H-pyrrole nitrogens is 1. The highest BCUT2D eigenvalue weighted by molar-refractivity contribution is 6.12. The summed E-state index contributed by atoms with van der Waals surface area (Å²) in [5, 5.41) is 10.6. The van der Waals surface area contributed by atoms with Crippen molar-refractivity contribution in [1.29, 1.82) is 0 Å². The van der Waals surface area contributed by atoms with Crippen molar-refractivity contribution in [2.75, 3.05) is 0 Å². The number of aromatic nitrogens is 3. The molecule has 158 valence electrons. The van der Waals surface area contributed by atoms with Crippen LogP contribution in [0.3, 0.4) is 0 Å². The van der Waals surface area contributed by atoms with E-state index in [0.29, 0.717) is 27.9 Å². The number of nitrogens with zero attached hydrogens (tertiary/aromatic N) is 2. The molecule has 0 saturated carbocycles. The molecular formula is C22H19N3O6. The lowest BCUT2D eigenvalue weighted by atomic mass is 9.78. The largest absolute Gasteiger partial charge is 0.508 e. The lowest BCUT2D eigenvalue weighted by Gasteiger charge is -2.37. The second-order valence-electron chi connectivity index (χ2n) is 7.76. The normalized spacial score (nSPS) is 24.1. The Morgan fingerprint density at radius 2 is 1.90 bits per heavy atom. The third-order valence-electron chi connectivity index (χ3n) is 5.97. The molecule has 9 heteroatoms. The Hall–Kier alpha value is -3.88. The number of phenolic OH excluding ortho intramolecular Hbond substituents is 1. The van der Waals surface area contributed by atoms with Crippen LogP contribution in [0.2, 0.25) is 0 Å². The summed E-state index contributed by atoms with van der Waals surface area (Å²) in [6.45, 7) is 1.83. The summed E-state index contributed by atoms with van der Waals surface area (Å²) >= 11 is 0. The minimum atomic E-state index is -1.02. The molecule has 3 unspecified atom stereocenters. The van der Waals surface area contributed by atoms with Crippen molar-refractivity contribution in [3.63, 3.8) is 0 Å². The van der Waals surface area contributed by atoms with E-state index in [4.69, 9.17) is 9.47 Å². The number of imidazole rings is 1. The molecule has 31 heavy (non-hydrogen) atoms. The van der Waals surface area contributed by atoms with E-state index < -0.39 is 30.1 Å². The maximum Gasteiger partial charge on any atom is 0.331 e. The van der Waals surface area contributed by atoms with Gasteiger partial charge in [-0.05, 0) is 25.1 Å². The fraction of sp³-hybridized carbons (Fsp3) is 0.273. The van der Waals surface area contributed by atoms with Crippen LogP contribution in [0, 0.1) is 12.8 Å². The van der Waals surface area contributed by atoms with Gasteiger partial charge in [0.2, 0.25) is 0 Å². The average molecular weight is 421 g/mol. The Morgan fingerprint density at radius 3 is 2.61 bits per heavy atom. The first-order chi connectivity index (χ1) is 14.8. The van der Waals surface area contributed by atoms with Crippen LogP contribution in [-0.4, -0.2) is 43.5 Å². The summed E-state index contributed by atoms with van der Waals surface area (Å²) in [6.07, 6.45) is 1.72. The van der Waals surface area contributed by atoms with E-state index in [1.165, 1.54) is 18.5 Å². The van der Waals surface area contributed by atoms with Crippen molar-refractivity contribution < 1.29 is 29.0 Å². The van der Waals surface area contributed by atoms with Gasteiger partial charge in [-0.15, -0.1) is 0 Å². The summed E-state index contributed by atoms with van der Waals surface area (Å²) in [7, 11) is 1.74. The second-order valence-corrected chi connectivity index (χ2v) is 7.76. The number of aromatic amines is 1. The average Bonchev–Trinajstić information content (AvgIpc) is 3.25. The number of rotatable bonds is 2. The van der Waals surface area contributed by atoms with E-state index >= 15 is 0 Å². The first-order valence-corrected chi connectivity index (χ1v) is 9.79. The second kappa shape index (κ2) is 6.83. The number of aromatic hydroxyl groups is 1.